The third-order valence-corrected chi connectivity index (χ3v) is 5.22. The summed E-state index contributed by atoms with van der Waals surface area (Å²) in [5, 5.41) is 0. The van der Waals surface area contributed by atoms with Crippen LogP contribution < -0.4 is 5.73 Å². The van der Waals surface area contributed by atoms with Crippen LogP contribution in [0.4, 0.5) is 0 Å². The highest BCUT2D eigenvalue weighted by Crippen LogP contribution is 2.36. The average molecular weight is 290 g/mol. The molecule has 0 bridgehead atoms. The lowest BCUT2D eigenvalue weighted by Gasteiger charge is -2.26. The molecule has 1 aromatic rings. The molecule has 2 heterocycles. The van der Waals surface area contributed by atoms with Crippen molar-refractivity contribution in [1.82, 2.24) is 0 Å². The van der Waals surface area contributed by atoms with Crippen LogP contribution in [-0.2, 0) is 4.74 Å². The maximum atomic E-state index is 6.29. The van der Waals surface area contributed by atoms with E-state index in [-0.39, 0.29) is 6.04 Å². The van der Waals surface area contributed by atoms with E-state index in [2.05, 4.69) is 28.9 Å². The Balaban J connectivity index is 2.08. The molecule has 0 spiro atoms. The molecule has 2 N–H and O–H groups in total. The molecule has 2 nitrogen and oxygen atoms in total. The zero-order chi connectivity index (χ0) is 10.8. The molecule has 2 rings (SSSR count). The van der Waals surface area contributed by atoms with Crippen LogP contribution in [0.3, 0.4) is 0 Å². The first-order valence-electron chi connectivity index (χ1n) is 5.27. The molecule has 0 radical (unpaired) electrons. The van der Waals surface area contributed by atoms with Crippen molar-refractivity contribution < 1.29 is 4.74 Å². The zero-order valence-corrected chi connectivity index (χ0v) is 11.2. The Hall–Kier alpha value is 0.100. The minimum Gasteiger partial charge on any atom is -0.381 e. The van der Waals surface area contributed by atoms with Gasteiger partial charge in [-0.15, -0.1) is 11.3 Å². The molecule has 15 heavy (non-hydrogen) atoms. The van der Waals surface area contributed by atoms with E-state index in [1.165, 1.54) is 14.2 Å². The highest BCUT2D eigenvalue weighted by Gasteiger charge is 2.23. The van der Waals surface area contributed by atoms with Crippen molar-refractivity contribution in [3.8, 4) is 0 Å². The standard InChI is InChI=1S/C11H16BrNOS/c1-7-6-9(15-11(7)12)10(13)8-2-4-14-5-3-8/h6,8,10H,2-5,13H2,1H3/t10-/m0/s1. The first-order chi connectivity index (χ1) is 7.18. The fourth-order valence-corrected chi connectivity index (χ4v) is 3.62. The summed E-state index contributed by atoms with van der Waals surface area (Å²) in [5.74, 6) is 0.587. The lowest BCUT2D eigenvalue weighted by Crippen LogP contribution is -2.26. The molecular weight excluding hydrogens is 274 g/mol. The third-order valence-electron chi connectivity index (χ3n) is 2.98. The number of hydrogen-bond acceptors (Lipinski definition) is 3. The minimum absolute atomic E-state index is 0.184. The van der Waals surface area contributed by atoms with Crippen LogP contribution in [0.2, 0.25) is 0 Å². The van der Waals surface area contributed by atoms with E-state index in [1.807, 2.05) is 0 Å². The Morgan fingerprint density at radius 2 is 2.20 bits per heavy atom. The summed E-state index contributed by atoms with van der Waals surface area (Å²) in [6, 6.07) is 2.39. The van der Waals surface area contributed by atoms with Crippen LogP contribution >= 0.6 is 27.3 Å². The molecule has 4 heteroatoms. The molecule has 1 saturated heterocycles. The predicted octanol–water partition coefficient (Wildman–Crippen LogP) is 3.25. The van der Waals surface area contributed by atoms with Gasteiger partial charge in [-0.05, 0) is 53.2 Å². The summed E-state index contributed by atoms with van der Waals surface area (Å²) in [6.07, 6.45) is 2.19. The topological polar surface area (TPSA) is 35.2 Å². The lowest BCUT2D eigenvalue weighted by atomic mass is 9.91. The Kier molecular flexibility index (Phi) is 3.83. The van der Waals surface area contributed by atoms with Crippen molar-refractivity contribution in [2.45, 2.75) is 25.8 Å². The monoisotopic (exact) mass is 289 g/mol. The Morgan fingerprint density at radius 1 is 1.53 bits per heavy atom. The fourth-order valence-electron chi connectivity index (χ4n) is 1.96. The minimum atomic E-state index is 0.184. The fraction of sp³-hybridized carbons (Fsp3) is 0.636. The van der Waals surface area contributed by atoms with Gasteiger partial charge in [0, 0.05) is 24.1 Å². The molecule has 0 unspecified atom stereocenters. The van der Waals surface area contributed by atoms with E-state index in [0.29, 0.717) is 5.92 Å². The molecule has 0 aromatic carbocycles. The van der Waals surface area contributed by atoms with Crippen molar-refractivity contribution in [3.63, 3.8) is 0 Å². The maximum absolute atomic E-state index is 6.29. The molecule has 1 fully saturated rings. The van der Waals surface area contributed by atoms with E-state index in [9.17, 15) is 0 Å². The third kappa shape index (κ3) is 2.61. The molecule has 84 valence electrons. The van der Waals surface area contributed by atoms with Gasteiger partial charge >= 0.3 is 0 Å². The summed E-state index contributed by atoms with van der Waals surface area (Å²) in [7, 11) is 0. The number of thiophene rings is 1. The van der Waals surface area contributed by atoms with Gasteiger partial charge in [0.2, 0.25) is 0 Å². The number of halogens is 1. The first kappa shape index (κ1) is 11.6. The molecule has 0 aliphatic carbocycles. The van der Waals surface area contributed by atoms with Gasteiger partial charge in [0.15, 0.2) is 0 Å². The number of aryl methyl sites for hydroxylation is 1. The van der Waals surface area contributed by atoms with E-state index in [1.54, 1.807) is 11.3 Å². The highest BCUT2D eigenvalue weighted by atomic mass is 79.9. The Morgan fingerprint density at radius 3 is 2.73 bits per heavy atom. The lowest BCUT2D eigenvalue weighted by molar-refractivity contribution is 0.0587. The molecule has 0 saturated carbocycles. The van der Waals surface area contributed by atoms with E-state index >= 15 is 0 Å². The van der Waals surface area contributed by atoms with Crippen molar-refractivity contribution in [2.75, 3.05) is 13.2 Å². The zero-order valence-electron chi connectivity index (χ0n) is 8.83. The van der Waals surface area contributed by atoms with Crippen LogP contribution in [0.15, 0.2) is 9.85 Å². The number of rotatable bonds is 2. The number of hydrogen-bond donors (Lipinski definition) is 1. The van der Waals surface area contributed by atoms with Gasteiger partial charge < -0.3 is 10.5 Å². The van der Waals surface area contributed by atoms with Crippen LogP contribution in [0.25, 0.3) is 0 Å². The highest BCUT2D eigenvalue weighted by molar-refractivity contribution is 9.11. The Labute approximate surface area is 103 Å². The van der Waals surface area contributed by atoms with Gasteiger partial charge in [-0.2, -0.15) is 0 Å². The average Bonchev–Trinajstić information content (AvgIpc) is 2.59. The molecule has 0 amide bonds. The van der Waals surface area contributed by atoms with Crippen molar-refractivity contribution >= 4 is 27.3 Å². The summed E-state index contributed by atoms with van der Waals surface area (Å²) in [5.41, 5.74) is 7.58. The van der Waals surface area contributed by atoms with Gasteiger partial charge in [-0.25, -0.2) is 0 Å². The van der Waals surface area contributed by atoms with Crippen molar-refractivity contribution in [3.05, 3.63) is 20.3 Å². The van der Waals surface area contributed by atoms with Crippen LogP contribution in [0.5, 0.6) is 0 Å². The SMILES string of the molecule is Cc1cc([C@@H](N)C2CCOCC2)sc1Br. The summed E-state index contributed by atoms with van der Waals surface area (Å²) in [6.45, 7) is 3.84. The molecule has 1 aromatic heterocycles. The second-order valence-electron chi connectivity index (χ2n) is 4.08. The smallest absolute Gasteiger partial charge is 0.0731 e. The second kappa shape index (κ2) is 4.95. The molecule has 1 aliphatic heterocycles. The predicted molar refractivity (Wildman–Crippen MR) is 67.2 cm³/mol. The van der Waals surface area contributed by atoms with E-state index < -0.39 is 0 Å². The van der Waals surface area contributed by atoms with E-state index in [0.717, 1.165) is 26.1 Å². The largest absolute Gasteiger partial charge is 0.381 e. The summed E-state index contributed by atoms with van der Waals surface area (Å²) < 4.78 is 6.56. The van der Waals surface area contributed by atoms with Crippen LogP contribution in [0.1, 0.15) is 29.3 Å². The summed E-state index contributed by atoms with van der Waals surface area (Å²) >= 11 is 5.31. The maximum Gasteiger partial charge on any atom is 0.0731 e. The first-order valence-corrected chi connectivity index (χ1v) is 6.88. The molecule has 1 aliphatic rings. The second-order valence-corrected chi connectivity index (χ2v) is 6.48. The van der Waals surface area contributed by atoms with Gasteiger partial charge in [0.25, 0.3) is 0 Å². The van der Waals surface area contributed by atoms with Crippen molar-refractivity contribution in [2.24, 2.45) is 11.7 Å². The van der Waals surface area contributed by atoms with Crippen LogP contribution in [-0.4, -0.2) is 13.2 Å². The van der Waals surface area contributed by atoms with Crippen molar-refractivity contribution in [1.29, 1.82) is 0 Å². The normalized spacial score (nSPS) is 20.5. The van der Waals surface area contributed by atoms with Gasteiger partial charge in [0.05, 0.1) is 3.79 Å². The number of ether oxygens (including phenoxy) is 1. The molecule has 1 atom stereocenters. The van der Waals surface area contributed by atoms with Gasteiger partial charge in [-0.3, -0.25) is 0 Å². The summed E-state index contributed by atoms with van der Waals surface area (Å²) in [4.78, 5) is 1.30. The van der Waals surface area contributed by atoms with Gasteiger partial charge in [-0.1, -0.05) is 0 Å². The number of nitrogens with two attached hydrogens (primary N) is 1. The van der Waals surface area contributed by atoms with Gasteiger partial charge in [0.1, 0.15) is 0 Å². The molecular formula is C11H16BrNOS. The van der Waals surface area contributed by atoms with E-state index in [4.69, 9.17) is 10.5 Å². The quantitative estimate of drug-likeness (QED) is 0.907. The Bertz CT molecular complexity index is 314. The van der Waals surface area contributed by atoms with Crippen LogP contribution in [0, 0.1) is 12.8 Å².